The van der Waals surface area contributed by atoms with Crippen molar-refractivity contribution in [2.45, 2.75) is 63.8 Å². The summed E-state index contributed by atoms with van der Waals surface area (Å²) in [6, 6.07) is 7.80. The summed E-state index contributed by atoms with van der Waals surface area (Å²) in [5.74, 6) is 0.879. The summed E-state index contributed by atoms with van der Waals surface area (Å²) in [6.45, 7) is 0.846. The Morgan fingerprint density at radius 2 is 1.73 bits per heavy atom. The summed E-state index contributed by atoms with van der Waals surface area (Å²) in [6.07, 6.45) is 10.0. The predicted molar refractivity (Wildman–Crippen MR) is 102 cm³/mol. The van der Waals surface area contributed by atoms with Gasteiger partial charge in [0.05, 0.1) is 0 Å². The van der Waals surface area contributed by atoms with Crippen molar-refractivity contribution in [2.24, 2.45) is 0 Å². The molecule has 1 aliphatic carbocycles. The first kappa shape index (κ1) is 18.7. The lowest BCUT2D eigenvalue weighted by atomic mass is 9.96. The third-order valence-electron chi connectivity index (χ3n) is 5.60. The SMILES string of the molecule is CN(C(=O)COc1ccc(N2CCCC2=O)cc1)C1CCCCCCC1. The number of carbonyl (C=O) groups excluding carboxylic acids is 2. The molecule has 1 saturated carbocycles. The number of likely N-dealkylation sites (N-methyl/N-ethyl adjacent to an activating group) is 1. The highest BCUT2D eigenvalue weighted by Gasteiger charge is 2.22. The molecule has 0 bridgehead atoms. The number of nitrogens with zero attached hydrogens (tertiary/aromatic N) is 2. The van der Waals surface area contributed by atoms with Crippen LogP contribution in [-0.2, 0) is 9.59 Å². The van der Waals surface area contributed by atoms with E-state index in [2.05, 4.69) is 0 Å². The van der Waals surface area contributed by atoms with E-state index in [9.17, 15) is 9.59 Å². The van der Waals surface area contributed by atoms with Crippen molar-refractivity contribution in [3.05, 3.63) is 24.3 Å². The molecule has 1 aliphatic heterocycles. The van der Waals surface area contributed by atoms with Crippen molar-refractivity contribution in [3.63, 3.8) is 0 Å². The highest BCUT2D eigenvalue weighted by molar-refractivity contribution is 5.95. The number of hydrogen-bond acceptors (Lipinski definition) is 3. The van der Waals surface area contributed by atoms with Gasteiger partial charge in [-0.3, -0.25) is 9.59 Å². The molecule has 1 heterocycles. The van der Waals surface area contributed by atoms with Gasteiger partial charge in [0.15, 0.2) is 6.61 Å². The number of amides is 2. The molecule has 0 N–H and O–H groups in total. The van der Waals surface area contributed by atoms with Crippen molar-refractivity contribution in [1.82, 2.24) is 4.90 Å². The smallest absolute Gasteiger partial charge is 0.260 e. The lowest BCUT2D eigenvalue weighted by Gasteiger charge is -2.29. The van der Waals surface area contributed by atoms with Crippen LogP contribution in [0, 0.1) is 0 Å². The molecule has 2 aliphatic rings. The summed E-state index contributed by atoms with van der Waals surface area (Å²) in [4.78, 5) is 28.0. The number of carbonyl (C=O) groups is 2. The van der Waals surface area contributed by atoms with E-state index in [0.717, 1.165) is 31.5 Å². The van der Waals surface area contributed by atoms with Crippen LogP contribution in [-0.4, -0.2) is 43.0 Å². The maximum absolute atomic E-state index is 12.5. The minimum atomic E-state index is 0.0365. The predicted octanol–water partition coefficient (Wildman–Crippen LogP) is 3.76. The molecule has 1 aromatic rings. The van der Waals surface area contributed by atoms with Crippen molar-refractivity contribution in [2.75, 3.05) is 25.1 Å². The number of anilines is 1. The first-order valence-electron chi connectivity index (χ1n) is 9.94. The molecule has 2 amide bonds. The van der Waals surface area contributed by atoms with E-state index in [1.54, 1.807) is 4.90 Å². The molecular formula is C21H30N2O3. The summed E-state index contributed by atoms with van der Waals surface area (Å²) >= 11 is 0. The molecule has 0 aromatic heterocycles. The number of benzene rings is 1. The van der Waals surface area contributed by atoms with E-state index in [0.29, 0.717) is 18.2 Å². The van der Waals surface area contributed by atoms with Gasteiger partial charge in [0.25, 0.3) is 5.91 Å². The second-order valence-corrected chi connectivity index (χ2v) is 7.44. The maximum Gasteiger partial charge on any atom is 0.260 e. The Kier molecular flexibility index (Phi) is 6.53. The van der Waals surface area contributed by atoms with Crippen LogP contribution in [0.4, 0.5) is 5.69 Å². The zero-order chi connectivity index (χ0) is 18.4. The van der Waals surface area contributed by atoms with Crippen LogP contribution in [0.1, 0.15) is 57.8 Å². The van der Waals surface area contributed by atoms with E-state index in [4.69, 9.17) is 4.74 Å². The molecule has 26 heavy (non-hydrogen) atoms. The third-order valence-corrected chi connectivity index (χ3v) is 5.60. The molecular weight excluding hydrogens is 328 g/mol. The highest BCUT2D eigenvalue weighted by atomic mass is 16.5. The first-order valence-corrected chi connectivity index (χ1v) is 9.94. The van der Waals surface area contributed by atoms with Crippen LogP contribution in [0.15, 0.2) is 24.3 Å². The Balaban J connectivity index is 1.49. The van der Waals surface area contributed by atoms with Crippen molar-refractivity contribution >= 4 is 17.5 Å². The quantitative estimate of drug-likeness (QED) is 0.805. The van der Waals surface area contributed by atoms with E-state index in [1.807, 2.05) is 36.2 Å². The van der Waals surface area contributed by atoms with Crippen LogP contribution in [0.2, 0.25) is 0 Å². The molecule has 1 saturated heterocycles. The normalized spacial score (nSPS) is 19.1. The number of hydrogen-bond donors (Lipinski definition) is 0. The zero-order valence-electron chi connectivity index (χ0n) is 15.8. The second-order valence-electron chi connectivity index (χ2n) is 7.44. The van der Waals surface area contributed by atoms with Gasteiger partial charge in [0, 0.05) is 31.7 Å². The van der Waals surface area contributed by atoms with Gasteiger partial charge in [-0.05, 0) is 43.5 Å². The number of ether oxygens (including phenoxy) is 1. The molecule has 3 rings (SSSR count). The molecule has 0 atom stereocenters. The van der Waals surface area contributed by atoms with Gasteiger partial charge in [0.2, 0.25) is 5.91 Å². The van der Waals surface area contributed by atoms with Gasteiger partial charge in [-0.1, -0.05) is 32.1 Å². The molecule has 5 nitrogen and oxygen atoms in total. The standard InChI is InChI=1S/C21H30N2O3/c1-22(17-8-5-3-2-4-6-9-17)21(25)16-26-19-13-11-18(12-14-19)23-15-7-10-20(23)24/h11-14,17H,2-10,15-16H2,1H3. The van der Waals surface area contributed by atoms with Gasteiger partial charge in [-0.2, -0.15) is 0 Å². The Bertz CT molecular complexity index is 606. The van der Waals surface area contributed by atoms with E-state index < -0.39 is 0 Å². The first-order chi connectivity index (χ1) is 12.6. The maximum atomic E-state index is 12.5. The van der Waals surface area contributed by atoms with Crippen LogP contribution in [0.5, 0.6) is 5.75 Å². The van der Waals surface area contributed by atoms with Crippen LogP contribution in [0.25, 0.3) is 0 Å². The average molecular weight is 358 g/mol. The van der Waals surface area contributed by atoms with E-state index in [-0.39, 0.29) is 18.4 Å². The lowest BCUT2D eigenvalue weighted by Crippen LogP contribution is -2.40. The molecule has 2 fully saturated rings. The summed E-state index contributed by atoms with van der Waals surface area (Å²) < 4.78 is 5.69. The Labute approximate surface area is 156 Å². The average Bonchev–Trinajstić information content (AvgIpc) is 3.05. The molecule has 0 spiro atoms. The number of rotatable bonds is 5. The summed E-state index contributed by atoms with van der Waals surface area (Å²) in [5, 5.41) is 0. The second kappa shape index (κ2) is 9.06. The molecule has 1 aromatic carbocycles. The fourth-order valence-electron chi connectivity index (χ4n) is 3.92. The third kappa shape index (κ3) is 4.77. The molecule has 5 heteroatoms. The van der Waals surface area contributed by atoms with Crippen LogP contribution in [0.3, 0.4) is 0 Å². The Morgan fingerprint density at radius 1 is 1.08 bits per heavy atom. The largest absolute Gasteiger partial charge is 0.484 e. The topological polar surface area (TPSA) is 49.9 Å². The monoisotopic (exact) mass is 358 g/mol. The fourth-order valence-corrected chi connectivity index (χ4v) is 3.92. The minimum absolute atomic E-state index is 0.0365. The van der Waals surface area contributed by atoms with Gasteiger partial charge in [-0.25, -0.2) is 0 Å². The van der Waals surface area contributed by atoms with Gasteiger partial charge in [0.1, 0.15) is 5.75 Å². The van der Waals surface area contributed by atoms with E-state index in [1.165, 1.54) is 32.1 Å². The van der Waals surface area contributed by atoms with Crippen molar-refractivity contribution in [1.29, 1.82) is 0 Å². The zero-order valence-corrected chi connectivity index (χ0v) is 15.8. The van der Waals surface area contributed by atoms with Gasteiger partial charge in [-0.15, -0.1) is 0 Å². The van der Waals surface area contributed by atoms with Gasteiger partial charge < -0.3 is 14.5 Å². The molecule has 0 radical (unpaired) electrons. The van der Waals surface area contributed by atoms with Gasteiger partial charge >= 0.3 is 0 Å². The highest BCUT2D eigenvalue weighted by Crippen LogP contribution is 2.24. The van der Waals surface area contributed by atoms with Crippen LogP contribution >= 0.6 is 0 Å². The summed E-state index contributed by atoms with van der Waals surface area (Å²) in [7, 11) is 1.90. The van der Waals surface area contributed by atoms with Crippen molar-refractivity contribution < 1.29 is 14.3 Å². The minimum Gasteiger partial charge on any atom is -0.484 e. The summed E-state index contributed by atoms with van der Waals surface area (Å²) in [5.41, 5.74) is 0.901. The van der Waals surface area contributed by atoms with Crippen LogP contribution < -0.4 is 9.64 Å². The lowest BCUT2D eigenvalue weighted by molar-refractivity contribution is -0.134. The molecule has 142 valence electrons. The Morgan fingerprint density at radius 3 is 2.35 bits per heavy atom. The molecule has 0 unspecified atom stereocenters. The van der Waals surface area contributed by atoms with Crippen molar-refractivity contribution in [3.8, 4) is 5.75 Å². The fraction of sp³-hybridized carbons (Fsp3) is 0.619. The van der Waals surface area contributed by atoms with E-state index >= 15 is 0 Å². The Hall–Kier alpha value is -2.04.